The molecule has 0 aliphatic heterocycles. The van der Waals surface area contributed by atoms with Crippen LogP contribution in [-0.4, -0.2) is 24.3 Å². The van der Waals surface area contributed by atoms with Crippen LogP contribution in [-0.2, 0) is 4.74 Å². The number of rotatable bonds is 2. The minimum absolute atomic E-state index is 0.377. The van der Waals surface area contributed by atoms with E-state index in [-0.39, 0.29) is 5.97 Å². The number of hydrogen-bond donors (Lipinski definition) is 1. The van der Waals surface area contributed by atoms with Gasteiger partial charge in [-0.05, 0) is 24.5 Å². The highest BCUT2D eigenvalue weighted by Crippen LogP contribution is 2.30. The number of hydrogen-bond acceptors (Lipinski definition) is 3. The Bertz CT molecular complexity index is 550. The highest BCUT2D eigenvalue weighted by molar-refractivity contribution is 7.98. The summed E-state index contributed by atoms with van der Waals surface area (Å²) >= 11 is 7.64. The largest absolute Gasteiger partial charge is 0.464 e. The third-order valence-corrected chi connectivity index (χ3v) is 3.50. The topological polar surface area (TPSA) is 42.1 Å². The molecule has 0 aliphatic carbocycles. The van der Waals surface area contributed by atoms with Gasteiger partial charge in [0.2, 0.25) is 0 Å². The summed E-state index contributed by atoms with van der Waals surface area (Å²) in [7, 11) is 1.36. The van der Waals surface area contributed by atoms with Gasteiger partial charge in [-0.3, -0.25) is 0 Å². The number of thioether (sulfide) groups is 1. The molecular weight excluding hydrogens is 246 g/mol. The summed E-state index contributed by atoms with van der Waals surface area (Å²) in [6, 6.07) is 5.50. The average Bonchev–Trinajstić information content (AvgIpc) is 2.69. The molecule has 3 nitrogen and oxygen atoms in total. The van der Waals surface area contributed by atoms with E-state index in [0.29, 0.717) is 10.7 Å². The van der Waals surface area contributed by atoms with Crippen LogP contribution in [0.5, 0.6) is 0 Å². The molecule has 0 unspecified atom stereocenters. The minimum Gasteiger partial charge on any atom is -0.464 e. The maximum Gasteiger partial charge on any atom is 0.354 e. The number of fused-ring (bicyclic) bond motifs is 1. The lowest BCUT2D eigenvalue weighted by molar-refractivity contribution is 0.0595. The molecule has 2 rings (SSSR count). The Morgan fingerprint density at radius 1 is 1.44 bits per heavy atom. The molecule has 0 bridgehead atoms. The van der Waals surface area contributed by atoms with E-state index in [4.69, 9.17) is 11.6 Å². The van der Waals surface area contributed by atoms with E-state index in [1.807, 2.05) is 18.4 Å². The van der Waals surface area contributed by atoms with Crippen molar-refractivity contribution in [2.45, 2.75) is 4.90 Å². The number of H-pyrrole nitrogens is 1. The zero-order valence-corrected chi connectivity index (χ0v) is 10.4. The number of benzene rings is 1. The van der Waals surface area contributed by atoms with Crippen LogP contribution in [0.3, 0.4) is 0 Å². The van der Waals surface area contributed by atoms with Crippen molar-refractivity contribution in [3.63, 3.8) is 0 Å². The average molecular weight is 256 g/mol. The highest BCUT2D eigenvalue weighted by atomic mass is 35.5. The summed E-state index contributed by atoms with van der Waals surface area (Å²) in [6.07, 6.45) is 1.96. The first-order valence-corrected chi connectivity index (χ1v) is 6.20. The monoisotopic (exact) mass is 255 g/mol. The van der Waals surface area contributed by atoms with Gasteiger partial charge in [-0.2, -0.15) is 0 Å². The Hall–Kier alpha value is -1.13. The van der Waals surface area contributed by atoms with Crippen molar-refractivity contribution in [1.29, 1.82) is 0 Å². The van der Waals surface area contributed by atoms with Crippen molar-refractivity contribution in [3.8, 4) is 0 Å². The first-order chi connectivity index (χ1) is 7.65. The molecule has 0 saturated heterocycles. The Labute approximate surface area is 102 Å². The van der Waals surface area contributed by atoms with Crippen LogP contribution >= 0.6 is 23.4 Å². The fourth-order valence-electron chi connectivity index (χ4n) is 1.51. The smallest absolute Gasteiger partial charge is 0.354 e. The summed E-state index contributed by atoms with van der Waals surface area (Å²) in [4.78, 5) is 15.3. The van der Waals surface area contributed by atoms with Gasteiger partial charge in [0.1, 0.15) is 5.69 Å². The van der Waals surface area contributed by atoms with E-state index >= 15 is 0 Å². The van der Waals surface area contributed by atoms with Crippen molar-refractivity contribution >= 4 is 40.2 Å². The van der Waals surface area contributed by atoms with E-state index in [1.54, 1.807) is 17.8 Å². The standard InChI is InChI=1S/C11H10ClNO2S/c1-15-11(14)9-4-6-3-7(12)10(16-2)5-8(6)13-9/h3-5,13H,1-2H3. The molecule has 0 aliphatic rings. The SMILES string of the molecule is COC(=O)c1cc2cc(Cl)c(SC)cc2[nH]1. The van der Waals surface area contributed by atoms with E-state index in [1.165, 1.54) is 7.11 Å². The lowest BCUT2D eigenvalue weighted by atomic mass is 10.2. The van der Waals surface area contributed by atoms with Crippen molar-refractivity contribution in [2.75, 3.05) is 13.4 Å². The Balaban J connectivity index is 2.58. The van der Waals surface area contributed by atoms with Gasteiger partial charge in [-0.15, -0.1) is 11.8 Å². The van der Waals surface area contributed by atoms with Crippen molar-refractivity contribution in [3.05, 3.63) is 28.9 Å². The number of carbonyl (C=O) groups excluding carboxylic acids is 1. The molecule has 2 aromatic rings. The number of carbonyl (C=O) groups is 1. The van der Waals surface area contributed by atoms with Crippen molar-refractivity contribution in [2.24, 2.45) is 0 Å². The summed E-state index contributed by atoms with van der Waals surface area (Å²) < 4.78 is 4.64. The van der Waals surface area contributed by atoms with Gasteiger partial charge in [0.25, 0.3) is 0 Å². The molecule has 0 radical (unpaired) electrons. The predicted molar refractivity (Wildman–Crippen MR) is 66.4 cm³/mol. The van der Waals surface area contributed by atoms with E-state index in [0.717, 1.165) is 15.8 Å². The minimum atomic E-state index is -0.377. The number of aromatic nitrogens is 1. The maximum absolute atomic E-state index is 11.3. The molecule has 0 fully saturated rings. The number of ether oxygens (including phenoxy) is 1. The van der Waals surface area contributed by atoms with Crippen LogP contribution < -0.4 is 0 Å². The number of methoxy groups -OCH3 is 1. The second-order valence-electron chi connectivity index (χ2n) is 3.25. The van der Waals surface area contributed by atoms with E-state index in [9.17, 15) is 4.79 Å². The third-order valence-electron chi connectivity index (χ3n) is 2.30. The Morgan fingerprint density at radius 2 is 2.19 bits per heavy atom. The molecule has 5 heteroatoms. The summed E-state index contributed by atoms with van der Waals surface area (Å²) in [6.45, 7) is 0. The van der Waals surface area contributed by atoms with E-state index in [2.05, 4.69) is 9.72 Å². The van der Waals surface area contributed by atoms with Crippen LogP contribution in [0.25, 0.3) is 10.9 Å². The van der Waals surface area contributed by atoms with Gasteiger partial charge in [0.15, 0.2) is 0 Å². The van der Waals surface area contributed by atoms with Crippen LogP contribution in [0.4, 0.5) is 0 Å². The van der Waals surface area contributed by atoms with Gasteiger partial charge >= 0.3 is 5.97 Å². The Kier molecular flexibility index (Phi) is 3.12. The molecule has 1 N–H and O–H groups in total. The number of halogens is 1. The summed E-state index contributed by atoms with van der Waals surface area (Å²) in [5.41, 5.74) is 1.32. The summed E-state index contributed by atoms with van der Waals surface area (Å²) in [5.74, 6) is -0.377. The molecule has 0 atom stereocenters. The second-order valence-corrected chi connectivity index (χ2v) is 4.50. The maximum atomic E-state index is 11.3. The first-order valence-electron chi connectivity index (χ1n) is 4.60. The van der Waals surface area contributed by atoms with Crippen LogP contribution in [0, 0.1) is 0 Å². The normalized spacial score (nSPS) is 10.7. The molecule has 0 saturated carbocycles. The molecule has 0 spiro atoms. The van der Waals surface area contributed by atoms with Gasteiger partial charge in [0, 0.05) is 15.8 Å². The van der Waals surface area contributed by atoms with Crippen molar-refractivity contribution in [1.82, 2.24) is 4.98 Å². The van der Waals surface area contributed by atoms with E-state index < -0.39 is 0 Å². The molecule has 1 aromatic carbocycles. The molecular formula is C11H10ClNO2S. The zero-order chi connectivity index (χ0) is 11.7. The lowest BCUT2D eigenvalue weighted by Gasteiger charge is -1.99. The molecule has 1 aromatic heterocycles. The van der Waals surface area contributed by atoms with Gasteiger partial charge in [0.05, 0.1) is 12.1 Å². The third kappa shape index (κ3) is 1.90. The summed E-state index contributed by atoms with van der Waals surface area (Å²) in [5, 5.41) is 1.60. The molecule has 84 valence electrons. The predicted octanol–water partition coefficient (Wildman–Crippen LogP) is 3.33. The van der Waals surface area contributed by atoms with Gasteiger partial charge in [-0.25, -0.2) is 4.79 Å². The highest BCUT2D eigenvalue weighted by Gasteiger charge is 2.11. The van der Waals surface area contributed by atoms with Crippen LogP contribution in [0.1, 0.15) is 10.5 Å². The van der Waals surface area contributed by atoms with Gasteiger partial charge < -0.3 is 9.72 Å². The Morgan fingerprint density at radius 3 is 2.81 bits per heavy atom. The quantitative estimate of drug-likeness (QED) is 0.661. The number of nitrogens with one attached hydrogen (secondary N) is 1. The second kappa shape index (κ2) is 4.39. The number of esters is 1. The first kappa shape index (κ1) is 11.4. The van der Waals surface area contributed by atoms with Crippen LogP contribution in [0.15, 0.2) is 23.1 Å². The molecule has 16 heavy (non-hydrogen) atoms. The molecule has 1 heterocycles. The zero-order valence-electron chi connectivity index (χ0n) is 8.83. The van der Waals surface area contributed by atoms with Gasteiger partial charge in [-0.1, -0.05) is 11.6 Å². The molecule has 0 amide bonds. The fourth-order valence-corrected chi connectivity index (χ4v) is 2.40. The number of aromatic amines is 1. The van der Waals surface area contributed by atoms with Crippen LogP contribution in [0.2, 0.25) is 5.02 Å². The van der Waals surface area contributed by atoms with Crippen molar-refractivity contribution < 1.29 is 9.53 Å². The lowest BCUT2D eigenvalue weighted by Crippen LogP contribution is -2.00. The fraction of sp³-hybridized carbons (Fsp3) is 0.182.